The highest BCUT2D eigenvalue weighted by Gasteiger charge is 2.19. The summed E-state index contributed by atoms with van der Waals surface area (Å²) in [5.74, 6) is -1.09. The molecule has 2 aromatic rings. The number of rotatable bonds is 5. The SMILES string of the molecule is CC(=O)Cl.Cc1ccccc1S(=O)(=O)c1ccc(CC(N)C(=O)O)cc1. The fourth-order valence-electron chi connectivity index (χ4n) is 2.13. The average Bonchev–Trinajstić information content (AvgIpc) is 2.55. The first-order valence-corrected chi connectivity index (χ1v) is 9.46. The van der Waals surface area contributed by atoms with Gasteiger partial charge in [-0.2, -0.15) is 0 Å². The molecular formula is C18H20ClNO5S. The number of carboxylic acids is 1. The Balaban J connectivity index is 0.000000765. The number of benzene rings is 2. The van der Waals surface area contributed by atoms with Crippen LogP contribution in [0.1, 0.15) is 18.1 Å². The first-order chi connectivity index (χ1) is 12.1. The maximum atomic E-state index is 12.6. The summed E-state index contributed by atoms with van der Waals surface area (Å²) < 4.78 is 25.2. The Labute approximate surface area is 157 Å². The molecule has 0 aliphatic rings. The Morgan fingerprint density at radius 3 is 2.08 bits per heavy atom. The van der Waals surface area contributed by atoms with Gasteiger partial charge in [0.15, 0.2) is 0 Å². The van der Waals surface area contributed by atoms with Gasteiger partial charge in [0, 0.05) is 6.92 Å². The van der Waals surface area contributed by atoms with E-state index in [-0.39, 0.29) is 21.5 Å². The van der Waals surface area contributed by atoms with Crippen LogP contribution >= 0.6 is 11.6 Å². The smallest absolute Gasteiger partial charge is 0.320 e. The Bertz CT molecular complexity index is 875. The van der Waals surface area contributed by atoms with Gasteiger partial charge >= 0.3 is 5.97 Å². The highest BCUT2D eigenvalue weighted by molar-refractivity contribution is 7.91. The van der Waals surface area contributed by atoms with Crippen molar-refractivity contribution in [2.75, 3.05) is 0 Å². The van der Waals surface area contributed by atoms with Gasteiger partial charge in [-0.1, -0.05) is 30.3 Å². The number of hydrogen-bond donors (Lipinski definition) is 2. The third-order valence-electron chi connectivity index (χ3n) is 3.39. The second-order valence-corrected chi connectivity index (χ2v) is 7.98. The van der Waals surface area contributed by atoms with E-state index in [4.69, 9.17) is 10.8 Å². The van der Waals surface area contributed by atoms with Crippen LogP contribution in [0.5, 0.6) is 0 Å². The standard InChI is InChI=1S/C16H17NO4S.C2H3ClO/c1-11-4-2-3-5-15(11)22(20,21)13-8-6-12(7-9-13)10-14(17)16(18)19;1-2(3)4/h2-9,14H,10,17H2,1H3,(H,18,19);1H3. The van der Waals surface area contributed by atoms with Crippen molar-refractivity contribution in [2.45, 2.75) is 36.1 Å². The van der Waals surface area contributed by atoms with E-state index in [1.54, 1.807) is 43.3 Å². The minimum absolute atomic E-state index is 0.153. The van der Waals surface area contributed by atoms with E-state index >= 15 is 0 Å². The molecule has 0 aliphatic carbocycles. The number of sulfone groups is 1. The highest BCUT2D eigenvalue weighted by atomic mass is 35.5. The topological polar surface area (TPSA) is 115 Å². The zero-order chi connectivity index (χ0) is 19.9. The lowest BCUT2D eigenvalue weighted by Gasteiger charge is -2.09. The van der Waals surface area contributed by atoms with E-state index in [0.717, 1.165) is 0 Å². The molecule has 0 saturated heterocycles. The predicted molar refractivity (Wildman–Crippen MR) is 98.9 cm³/mol. The zero-order valence-electron chi connectivity index (χ0n) is 14.3. The lowest BCUT2D eigenvalue weighted by atomic mass is 10.1. The minimum atomic E-state index is -3.58. The van der Waals surface area contributed by atoms with Gasteiger partial charge in [-0.3, -0.25) is 9.59 Å². The molecule has 2 aromatic carbocycles. The lowest BCUT2D eigenvalue weighted by Crippen LogP contribution is -2.32. The fraction of sp³-hybridized carbons (Fsp3) is 0.222. The van der Waals surface area contributed by atoms with Gasteiger partial charge in [0.25, 0.3) is 0 Å². The van der Waals surface area contributed by atoms with Crippen LogP contribution in [0.15, 0.2) is 58.3 Å². The molecule has 6 nitrogen and oxygen atoms in total. The summed E-state index contributed by atoms with van der Waals surface area (Å²) in [6.45, 7) is 3.04. The third kappa shape index (κ3) is 6.25. The van der Waals surface area contributed by atoms with Gasteiger partial charge < -0.3 is 10.8 Å². The Kier molecular flexibility index (Phi) is 7.95. The molecule has 0 saturated carbocycles. The van der Waals surface area contributed by atoms with Crippen molar-refractivity contribution in [3.63, 3.8) is 0 Å². The van der Waals surface area contributed by atoms with E-state index in [1.165, 1.54) is 19.1 Å². The van der Waals surface area contributed by atoms with Gasteiger partial charge in [0.05, 0.1) is 9.79 Å². The van der Waals surface area contributed by atoms with Crippen LogP contribution in [0.2, 0.25) is 0 Å². The van der Waals surface area contributed by atoms with E-state index in [2.05, 4.69) is 11.6 Å². The molecule has 0 aliphatic heterocycles. The number of hydrogen-bond acceptors (Lipinski definition) is 5. The molecule has 140 valence electrons. The van der Waals surface area contributed by atoms with Gasteiger partial charge in [0.1, 0.15) is 6.04 Å². The van der Waals surface area contributed by atoms with Crippen molar-refractivity contribution >= 4 is 32.6 Å². The summed E-state index contributed by atoms with van der Waals surface area (Å²) in [4.78, 5) is 20.4. The normalized spacial score (nSPS) is 11.8. The Hall–Kier alpha value is -2.22. The van der Waals surface area contributed by atoms with Crippen molar-refractivity contribution in [1.82, 2.24) is 0 Å². The van der Waals surface area contributed by atoms with Crippen LogP contribution in [0.3, 0.4) is 0 Å². The van der Waals surface area contributed by atoms with Crippen molar-refractivity contribution in [1.29, 1.82) is 0 Å². The van der Waals surface area contributed by atoms with E-state index in [1.807, 2.05) is 0 Å². The number of halogens is 1. The monoisotopic (exact) mass is 397 g/mol. The molecule has 0 radical (unpaired) electrons. The van der Waals surface area contributed by atoms with Gasteiger partial charge in [-0.25, -0.2) is 8.42 Å². The second kappa shape index (κ2) is 9.47. The molecule has 0 amide bonds. The molecular weight excluding hydrogens is 378 g/mol. The molecule has 0 aromatic heterocycles. The lowest BCUT2D eigenvalue weighted by molar-refractivity contribution is -0.138. The Morgan fingerprint density at radius 2 is 1.62 bits per heavy atom. The molecule has 2 rings (SSSR count). The van der Waals surface area contributed by atoms with E-state index in [0.29, 0.717) is 11.1 Å². The number of nitrogens with two attached hydrogens (primary N) is 1. The fourth-order valence-corrected chi connectivity index (χ4v) is 3.63. The van der Waals surface area contributed by atoms with Gasteiger partial charge in [-0.15, -0.1) is 0 Å². The average molecular weight is 398 g/mol. The predicted octanol–water partition coefficient (Wildman–Crippen LogP) is 2.55. The quantitative estimate of drug-likeness (QED) is 0.749. The number of carbonyl (C=O) groups is 2. The largest absolute Gasteiger partial charge is 0.480 e. The van der Waals surface area contributed by atoms with E-state index in [9.17, 15) is 18.0 Å². The molecule has 8 heteroatoms. The maximum Gasteiger partial charge on any atom is 0.320 e. The molecule has 0 fully saturated rings. The number of carbonyl (C=O) groups excluding carboxylic acids is 1. The second-order valence-electron chi connectivity index (χ2n) is 5.53. The summed E-state index contributed by atoms with van der Waals surface area (Å²) in [5.41, 5.74) is 6.82. The van der Waals surface area contributed by atoms with Crippen molar-refractivity contribution < 1.29 is 23.1 Å². The molecule has 26 heavy (non-hydrogen) atoms. The van der Waals surface area contributed by atoms with Crippen LogP contribution in [0, 0.1) is 6.92 Å². The number of carboxylic acid groups (broad SMARTS) is 1. The summed E-state index contributed by atoms with van der Waals surface area (Å²) in [5, 5.41) is 8.42. The van der Waals surface area contributed by atoms with Crippen molar-refractivity contribution in [3.8, 4) is 0 Å². The number of aliphatic carboxylic acids is 1. The van der Waals surface area contributed by atoms with Crippen LogP contribution < -0.4 is 5.73 Å². The van der Waals surface area contributed by atoms with Crippen LogP contribution in [-0.4, -0.2) is 30.8 Å². The summed E-state index contributed by atoms with van der Waals surface area (Å²) in [7, 11) is -3.58. The van der Waals surface area contributed by atoms with Gasteiger partial charge in [-0.05, 0) is 54.3 Å². The van der Waals surface area contributed by atoms with Gasteiger partial charge in [0.2, 0.25) is 15.1 Å². The first kappa shape index (κ1) is 21.8. The number of aryl methyl sites for hydroxylation is 1. The molecule has 0 bridgehead atoms. The summed E-state index contributed by atoms with van der Waals surface area (Å²) in [6, 6.07) is 11.9. The highest BCUT2D eigenvalue weighted by Crippen LogP contribution is 2.24. The van der Waals surface area contributed by atoms with Crippen molar-refractivity contribution in [3.05, 3.63) is 59.7 Å². The van der Waals surface area contributed by atoms with Crippen LogP contribution in [0.4, 0.5) is 0 Å². The van der Waals surface area contributed by atoms with Crippen LogP contribution in [-0.2, 0) is 25.8 Å². The third-order valence-corrected chi connectivity index (χ3v) is 5.32. The molecule has 3 N–H and O–H groups in total. The molecule has 1 unspecified atom stereocenters. The molecule has 0 heterocycles. The molecule has 1 atom stereocenters. The summed E-state index contributed by atoms with van der Waals surface area (Å²) >= 11 is 4.64. The zero-order valence-corrected chi connectivity index (χ0v) is 15.9. The van der Waals surface area contributed by atoms with Crippen LogP contribution in [0.25, 0.3) is 0 Å². The first-order valence-electron chi connectivity index (χ1n) is 7.59. The Morgan fingerprint density at radius 1 is 1.12 bits per heavy atom. The van der Waals surface area contributed by atoms with E-state index < -0.39 is 21.8 Å². The van der Waals surface area contributed by atoms with Crippen molar-refractivity contribution in [2.24, 2.45) is 5.73 Å². The maximum absolute atomic E-state index is 12.6. The molecule has 0 spiro atoms. The minimum Gasteiger partial charge on any atom is -0.480 e. The summed E-state index contributed by atoms with van der Waals surface area (Å²) in [6.07, 6.45) is 0.153.